The zero-order valence-electron chi connectivity index (χ0n) is 14.5. The summed E-state index contributed by atoms with van der Waals surface area (Å²) in [7, 11) is 0. The highest BCUT2D eigenvalue weighted by atomic mass is 35.5. The molecule has 0 unspecified atom stereocenters. The Morgan fingerprint density at radius 1 is 1.11 bits per heavy atom. The number of aromatic hydroxyl groups is 1. The monoisotopic (exact) mass is 437 g/mol. The van der Waals surface area contributed by atoms with Crippen molar-refractivity contribution in [2.24, 2.45) is 4.99 Å². The van der Waals surface area contributed by atoms with E-state index in [2.05, 4.69) is 9.98 Å². The number of hydrogen-bond acceptors (Lipinski definition) is 4. The number of aliphatic imine (C=N–C) groups is 1. The summed E-state index contributed by atoms with van der Waals surface area (Å²) in [5, 5.41) is 11.7. The minimum atomic E-state index is -0.852. The number of rotatable bonds is 4. The van der Waals surface area contributed by atoms with Crippen LogP contribution in [0.5, 0.6) is 5.88 Å². The van der Waals surface area contributed by atoms with Crippen LogP contribution in [-0.4, -0.2) is 20.4 Å². The highest BCUT2D eigenvalue weighted by molar-refractivity contribution is 6.34. The summed E-state index contributed by atoms with van der Waals surface area (Å²) in [6.07, 6.45) is 0. The molecule has 0 aliphatic rings. The van der Waals surface area contributed by atoms with E-state index in [9.17, 15) is 14.7 Å². The van der Waals surface area contributed by atoms with Gasteiger partial charge in [-0.15, -0.1) is 0 Å². The Bertz CT molecular complexity index is 1200. The zero-order chi connectivity index (χ0) is 20.4. The molecule has 1 aromatic heterocycles. The van der Waals surface area contributed by atoms with Crippen LogP contribution < -0.4 is 11.2 Å². The van der Waals surface area contributed by atoms with Gasteiger partial charge in [0.05, 0.1) is 23.0 Å². The minimum absolute atomic E-state index is 0.132. The van der Waals surface area contributed by atoms with Crippen LogP contribution in [0.2, 0.25) is 15.1 Å². The van der Waals surface area contributed by atoms with Crippen molar-refractivity contribution < 1.29 is 5.11 Å². The normalized spacial score (nSPS) is 11.6. The minimum Gasteiger partial charge on any atom is -0.493 e. The summed E-state index contributed by atoms with van der Waals surface area (Å²) >= 11 is 18.2. The van der Waals surface area contributed by atoms with Crippen LogP contribution in [0.4, 0.5) is 0 Å². The van der Waals surface area contributed by atoms with Crippen LogP contribution in [0.3, 0.4) is 0 Å². The van der Waals surface area contributed by atoms with E-state index < -0.39 is 17.1 Å². The SMILES string of the molecule is CC(=NCc1ccccc1Cl)c1c(O)n(-c2cc(Cl)ccc2Cl)c(=O)[nH]c1=O. The second-order valence-electron chi connectivity index (χ2n) is 5.88. The third kappa shape index (κ3) is 3.99. The molecule has 9 heteroatoms. The maximum absolute atomic E-state index is 12.3. The fraction of sp³-hybridized carbons (Fsp3) is 0.105. The van der Waals surface area contributed by atoms with Gasteiger partial charge in [-0.05, 0) is 36.8 Å². The van der Waals surface area contributed by atoms with E-state index in [4.69, 9.17) is 34.8 Å². The van der Waals surface area contributed by atoms with Gasteiger partial charge in [-0.1, -0.05) is 53.0 Å². The molecule has 2 aromatic carbocycles. The summed E-state index contributed by atoms with van der Waals surface area (Å²) in [6.45, 7) is 1.75. The lowest BCUT2D eigenvalue weighted by atomic mass is 10.2. The number of H-pyrrole nitrogens is 1. The fourth-order valence-corrected chi connectivity index (χ4v) is 3.21. The van der Waals surface area contributed by atoms with Crippen LogP contribution in [-0.2, 0) is 6.54 Å². The number of nitrogens with zero attached hydrogens (tertiary/aromatic N) is 2. The molecule has 1 heterocycles. The molecule has 0 bridgehead atoms. The molecule has 0 amide bonds. The molecule has 2 N–H and O–H groups in total. The molecule has 144 valence electrons. The van der Waals surface area contributed by atoms with Crippen molar-refractivity contribution in [2.75, 3.05) is 0 Å². The highest BCUT2D eigenvalue weighted by Crippen LogP contribution is 2.27. The van der Waals surface area contributed by atoms with Gasteiger partial charge in [0.25, 0.3) is 5.56 Å². The van der Waals surface area contributed by atoms with Crippen molar-refractivity contribution in [2.45, 2.75) is 13.5 Å². The van der Waals surface area contributed by atoms with Gasteiger partial charge in [0.1, 0.15) is 5.56 Å². The molecule has 0 spiro atoms. The first-order valence-electron chi connectivity index (χ1n) is 8.08. The number of halogens is 3. The molecule has 0 fully saturated rings. The summed E-state index contributed by atoms with van der Waals surface area (Å²) < 4.78 is 0.874. The predicted molar refractivity (Wildman–Crippen MR) is 112 cm³/mol. The van der Waals surface area contributed by atoms with E-state index >= 15 is 0 Å². The Morgan fingerprint density at radius 2 is 1.82 bits per heavy atom. The van der Waals surface area contributed by atoms with Gasteiger partial charge in [-0.2, -0.15) is 0 Å². The van der Waals surface area contributed by atoms with Gasteiger partial charge in [-0.3, -0.25) is 14.8 Å². The molecule has 28 heavy (non-hydrogen) atoms. The summed E-state index contributed by atoms with van der Waals surface area (Å²) in [4.78, 5) is 31.1. The number of nitrogens with one attached hydrogen (secondary N) is 1. The van der Waals surface area contributed by atoms with Crippen molar-refractivity contribution in [1.29, 1.82) is 0 Å². The molecule has 6 nitrogen and oxygen atoms in total. The molecule has 0 aliphatic heterocycles. The molecule has 3 rings (SSSR count). The molecule has 0 aliphatic carbocycles. The average molecular weight is 439 g/mol. The lowest BCUT2D eigenvalue weighted by Crippen LogP contribution is -2.33. The number of benzene rings is 2. The van der Waals surface area contributed by atoms with Crippen LogP contribution >= 0.6 is 34.8 Å². The van der Waals surface area contributed by atoms with E-state index in [1.54, 1.807) is 31.2 Å². The first-order chi connectivity index (χ1) is 13.3. The summed E-state index contributed by atoms with van der Waals surface area (Å²) in [5.41, 5.74) is -0.654. The summed E-state index contributed by atoms with van der Waals surface area (Å²) in [6, 6.07) is 11.6. The topological polar surface area (TPSA) is 87.4 Å². The third-order valence-electron chi connectivity index (χ3n) is 4.04. The Labute approximate surface area is 174 Å². The molecule has 0 radical (unpaired) electrons. The van der Waals surface area contributed by atoms with Gasteiger partial charge in [-0.25, -0.2) is 9.36 Å². The van der Waals surface area contributed by atoms with Gasteiger partial charge in [0.15, 0.2) is 0 Å². The van der Waals surface area contributed by atoms with Gasteiger partial charge in [0.2, 0.25) is 5.88 Å². The lowest BCUT2D eigenvalue weighted by Gasteiger charge is -2.13. The molecular formula is C19H14Cl3N3O3. The Kier molecular flexibility index (Phi) is 5.93. The van der Waals surface area contributed by atoms with Crippen molar-refractivity contribution in [1.82, 2.24) is 9.55 Å². The van der Waals surface area contributed by atoms with E-state index in [1.165, 1.54) is 12.1 Å². The van der Waals surface area contributed by atoms with E-state index in [0.29, 0.717) is 10.0 Å². The average Bonchev–Trinajstić information content (AvgIpc) is 2.63. The van der Waals surface area contributed by atoms with Crippen LogP contribution in [0.1, 0.15) is 18.1 Å². The molecule has 0 atom stereocenters. The maximum atomic E-state index is 12.3. The number of aromatic amines is 1. The highest BCUT2D eigenvalue weighted by Gasteiger charge is 2.19. The van der Waals surface area contributed by atoms with E-state index in [-0.39, 0.29) is 28.5 Å². The molecular weight excluding hydrogens is 425 g/mol. The maximum Gasteiger partial charge on any atom is 0.335 e. The fourth-order valence-electron chi connectivity index (χ4n) is 2.64. The second kappa shape index (κ2) is 8.22. The third-order valence-corrected chi connectivity index (χ3v) is 4.96. The van der Waals surface area contributed by atoms with Crippen molar-refractivity contribution in [3.63, 3.8) is 0 Å². The van der Waals surface area contributed by atoms with Gasteiger partial charge >= 0.3 is 5.69 Å². The predicted octanol–water partition coefficient (Wildman–Crippen LogP) is 4.20. The molecule has 0 saturated carbocycles. The van der Waals surface area contributed by atoms with Gasteiger partial charge in [0, 0.05) is 10.0 Å². The summed E-state index contributed by atoms with van der Waals surface area (Å²) in [5.74, 6) is -0.585. The van der Waals surface area contributed by atoms with Crippen molar-refractivity contribution in [3.05, 3.63) is 89.5 Å². The largest absolute Gasteiger partial charge is 0.493 e. The number of hydrogen-bond donors (Lipinski definition) is 2. The zero-order valence-corrected chi connectivity index (χ0v) is 16.8. The standard InChI is InChI=1S/C19H14Cl3N3O3/c1-10(23-9-11-4-2-3-5-13(11)21)16-17(26)24-19(28)25(18(16)27)15-8-12(20)6-7-14(15)22/h2-8,27H,9H2,1H3,(H,24,26,28). The first kappa shape index (κ1) is 20.2. The van der Waals surface area contributed by atoms with Crippen LogP contribution in [0.25, 0.3) is 5.69 Å². The number of aromatic nitrogens is 2. The Hall–Kier alpha value is -2.54. The quantitative estimate of drug-likeness (QED) is 0.598. The van der Waals surface area contributed by atoms with Gasteiger partial charge < -0.3 is 5.11 Å². The Morgan fingerprint density at radius 3 is 2.54 bits per heavy atom. The lowest BCUT2D eigenvalue weighted by molar-refractivity contribution is 0.429. The molecule has 0 saturated heterocycles. The first-order valence-corrected chi connectivity index (χ1v) is 9.21. The van der Waals surface area contributed by atoms with Crippen molar-refractivity contribution in [3.8, 4) is 11.6 Å². The smallest absolute Gasteiger partial charge is 0.335 e. The van der Waals surface area contributed by atoms with Crippen LogP contribution in [0.15, 0.2) is 57.0 Å². The molecule has 3 aromatic rings. The van der Waals surface area contributed by atoms with E-state index in [1.807, 2.05) is 6.07 Å². The second-order valence-corrected chi connectivity index (χ2v) is 7.13. The van der Waals surface area contributed by atoms with Crippen LogP contribution in [0, 0.1) is 0 Å². The van der Waals surface area contributed by atoms with E-state index in [0.717, 1.165) is 10.1 Å². The van der Waals surface area contributed by atoms with Crippen molar-refractivity contribution >= 4 is 40.5 Å². The Balaban J connectivity index is 2.13.